The summed E-state index contributed by atoms with van der Waals surface area (Å²) >= 11 is 0. The standard InChI is InChI=1S/C7H13N3/c1-6(2)10-5-8-9(4)7(10)3/h5-6H,3H2,1-2,4H3. The maximum absolute atomic E-state index is 4.05. The second-order valence-electron chi connectivity index (χ2n) is 2.67. The first-order valence-electron chi connectivity index (χ1n) is 3.38. The lowest BCUT2D eigenvalue weighted by atomic mass is 10.3. The van der Waals surface area contributed by atoms with Gasteiger partial charge in [-0.25, -0.2) is 0 Å². The van der Waals surface area contributed by atoms with Crippen molar-refractivity contribution >= 4 is 6.34 Å². The van der Waals surface area contributed by atoms with Crippen LogP contribution in [0, 0.1) is 0 Å². The molecule has 56 valence electrons. The quantitative estimate of drug-likeness (QED) is 0.541. The Kier molecular flexibility index (Phi) is 1.66. The number of hydrogen-bond acceptors (Lipinski definition) is 3. The maximum Gasteiger partial charge on any atom is 0.123 e. The van der Waals surface area contributed by atoms with E-state index in [1.165, 1.54) is 0 Å². The Labute approximate surface area is 61.6 Å². The van der Waals surface area contributed by atoms with Crippen LogP contribution < -0.4 is 0 Å². The second kappa shape index (κ2) is 2.33. The molecule has 3 heteroatoms. The molecule has 0 aliphatic carbocycles. The van der Waals surface area contributed by atoms with E-state index >= 15 is 0 Å². The van der Waals surface area contributed by atoms with Crippen LogP contribution in [0.15, 0.2) is 17.5 Å². The summed E-state index contributed by atoms with van der Waals surface area (Å²) in [5.41, 5.74) is 0. The molecule has 0 atom stereocenters. The average molecular weight is 139 g/mol. The van der Waals surface area contributed by atoms with Crippen molar-refractivity contribution in [3.05, 3.63) is 12.4 Å². The van der Waals surface area contributed by atoms with E-state index in [1.54, 1.807) is 11.3 Å². The molecule has 1 heterocycles. The summed E-state index contributed by atoms with van der Waals surface area (Å²) in [7, 11) is 1.89. The zero-order valence-electron chi connectivity index (χ0n) is 6.70. The van der Waals surface area contributed by atoms with Gasteiger partial charge >= 0.3 is 0 Å². The molecule has 0 N–H and O–H groups in total. The minimum Gasteiger partial charge on any atom is -0.314 e. The van der Waals surface area contributed by atoms with Crippen LogP contribution in [0.5, 0.6) is 0 Å². The van der Waals surface area contributed by atoms with Gasteiger partial charge < -0.3 is 4.90 Å². The van der Waals surface area contributed by atoms with Gasteiger partial charge in [0.05, 0.1) is 0 Å². The van der Waals surface area contributed by atoms with E-state index in [4.69, 9.17) is 0 Å². The highest BCUT2D eigenvalue weighted by Gasteiger charge is 2.17. The monoisotopic (exact) mass is 139 g/mol. The van der Waals surface area contributed by atoms with Crippen molar-refractivity contribution in [1.82, 2.24) is 9.91 Å². The first-order chi connectivity index (χ1) is 4.63. The highest BCUT2D eigenvalue weighted by atomic mass is 15.6. The highest BCUT2D eigenvalue weighted by molar-refractivity contribution is 5.60. The van der Waals surface area contributed by atoms with Crippen LogP contribution in [-0.2, 0) is 0 Å². The van der Waals surface area contributed by atoms with Crippen LogP contribution >= 0.6 is 0 Å². The van der Waals surface area contributed by atoms with Crippen molar-refractivity contribution in [3.8, 4) is 0 Å². The second-order valence-corrected chi connectivity index (χ2v) is 2.67. The van der Waals surface area contributed by atoms with Gasteiger partial charge in [-0.3, -0.25) is 5.01 Å². The van der Waals surface area contributed by atoms with Crippen molar-refractivity contribution in [2.45, 2.75) is 19.9 Å². The van der Waals surface area contributed by atoms with E-state index in [2.05, 4.69) is 25.5 Å². The fraction of sp³-hybridized carbons (Fsp3) is 0.571. The van der Waals surface area contributed by atoms with Gasteiger partial charge in [-0.1, -0.05) is 6.58 Å². The van der Waals surface area contributed by atoms with Gasteiger partial charge in [0, 0.05) is 13.1 Å². The third-order valence-electron chi connectivity index (χ3n) is 1.58. The van der Waals surface area contributed by atoms with Gasteiger partial charge in [-0.05, 0) is 13.8 Å². The van der Waals surface area contributed by atoms with Crippen molar-refractivity contribution in [1.29, 1.82) is 0 Å². The predicted octanol–water partition coefficient (Wildman–Crippen LogP) is 1.06. The van der Waals surface area contributed by atoms with Crippen LogP contribution in [0.2, 0.25) is 0 Å². The Hall–Kier alpha value is -0.990. The third-order valence-corrected chi connectivity index (χ3v) is 1.58. The summed E-state index contributed by atoms with van der Waals surface area (Å²) in [4.78, 5) is 2.03. The summed E-state index contributed by atoms with van der Waals surface area (Å²) in [5, 5.41) is 5.82. The summed E-state index contributed by atoms with van der Waals surface area (Å²) in [5.74, 6) is 0.940. The lowest BCUT2D eigenvalue weighted by molar-refractivity contribution is 0.340. The summed E-state index contributed by atoms with van der Waals surface area (Å²) in [6.45, 7) is 8.08. The maximum atomic E-state index is 4.05. The number of hydrogen-bond donors (Lipinski definition) is 0. The summed E-state index contributed by atoms with van der Waals surface area (Å²) in [6.07, 6.45) is 1.80. The van der Waals surface area contributed by atoms with Gasteiger partial charge in [-0.15, -0.1) is 0 Å². The molecule has 1 aliphatic heterocycles. The van der Waals surface area contributed by atoms with Crippen LogP contribution in [0.1, 0.15) is 13.8 Å². The lowest BCUT2D eigenvalue weighted by Gasteiger charge is -2.21. The molecule has 0 saturated carbocycles. The minimum absolute atomic E-state index is 0.446. The molecule has 0 aromatic rings. The minimum atomic E-state index is 0.446. The molecule has 0 bridgehead atoms. The smallest absolute Gasteiger partial charge is 0.123 e. The Morgan fingerprint density at radius 2 is 2.20 bits per heavy atom. The molecule has 0 saturated heterocycles. The molecular weight excluding hydrogens is 126 g/mol. The van der Waals surface area contributed by atoms with Gasteiger partial charge in [0.15, 0.2) is 0 Å². The molecule has 0 aromatic carbocycles. The summed E-state index contributed by atoms with van der Waals surface area (Å²) in [6, 6.07) is 0.446. The molecule has 3 nitrogen and oxygen atoms in total. The van der Waals surface area contributed by atoms with Crippen molar-refractivity contribution in [2.75, 3.05) is 7.05 Å². The largest absolute Gasteiger partial charge is 0.314 e. The Morgan fingerprint density at radius 3 is 2.40 bits per heavy atom. The van der Waals surface area contributed by atoms with E-state index in [1.807, 2.05) is 11.9 Å². The van der Waals surface area contributed by atoms with E-state index in [0.29, 0.717) is 6.04 Å². The number of rotatable bonds is 1. The fourth-order valence-corrected chi connectivity index (χ4v) is 0.865. The first kappa shape index (κ1) is 7.12. The van der Waals surface area contributed by atoms with Crippen LogP contribution in [0.25, 0.3) is 0 Å². The van der Waals surface area contributed by atoms with Gasteiger partial charge in [0.1, 0.15) is 12.2 Å². The van der Waals surface area contributed by atoms with Gasteiger partial charge in [0.25, 0.3) is 0 Å². The van der Waals surface area contributed by atoms with E-state index in [-0.39, 0.29) is 0 Å². The number of nitrogens with zero attached hydrogens (tertiary/aromatic N) is 3. The molecule has 0 amide bonds. The number of hydrazone groups is 1. The molecule has 0 unspecified atom stereocenters. The molecule has 0 radical (unpaired) electrons. The predicted molar refractivity (Wildman–Crippen MR) is 42.4 cm³/mol. The Balaban J connectivity index is 2.67. The molecule has 0 aromatic heterocycles. The molecule has 10 heavy (non-hydrogen) atoms. The third kappa shape index (κ3) is 0.988. The Morgan fingerprint density at radius 1 is 1.60 bits per heavy atom. The molecule has 0 spiro atoms. The normalized spacial score (nSPS) is 17.8. The van der Waals surface area contributed by atoms with E-state index in [9.17, 15) is 0 Å². The Bertz CT molecular complexity index is 172. The van der Waals surface area contributed by atoms with Crippen molar-refractivity contribution < 1.29 is 0 Å². The van der Waals surface area contributed by atoms with E-state index < -0.39 is 0 Å². The van der Waals surface area contributed by atoms with Crippen LogP contribution in [-0.4, -0.2) is 29.3 Å². The molecular formula is C7H13N3. The average Bonchev–Trinajstić information content (AvgIpc) is 2.14. The van der Waals surface area contributed by atoms with Crippen molar-refractivity contribution in [2.24, 2.45) is 5.10 Å². The fourth-order valence-electron chi connectivity index (χ4n) is 0.865. The van der Waals surface area contributed by atoms with Gasteiger partial charge in [-0.2, -0.15) is 5.10 Å². The van der Waals surface area contributed by atoms with E-state index in [0.717, 1.165) is 5.82 Å². The zero-order chi connectivity index (χ0) is 7.72. The SMILES string of the molecule is C=C1N(C)N=CN1C(C)C. The molecule has 1 aliphatic rings. The topological polar surface area (TPSA) is 18.8 Å². The van der Waals surface area contributed by atoms with Crippen LogP contribution in [0.4, 0.5) is 0 Å². The highest BCUT2D eigenvalue weighted by Crippen LogP contribution is 2.14. The lowest BCUT2D eigenvalue weighted by Crippen LogP contribution is -2.27. The van der Waals surface area contributed by atoms with Crippen LogP contribution in [0.3, 0.4) is 0 Å². The van der Waals surface area contributed by atoms with Crippen molar-refractivity contribution in [3.63, 3.8) is 0 Å². The zero-order valence-corrected chi connectivity index (χ0v) is 6.70. The molecule has 0 fully saturated rings. The summed E-state index contributed by atoms with van der Waals surface area (Å²) < 4.78 is 0. The van der Waals surface area contributed by atoms with Gasteiger partial charge in [0.2, 0.25) is 0 Å². The molecule has 1 rings (SSSR count). The first-order valence-corrected chi connectivity index (χ1v) is 3.38.